The van der Waals surface area contributed by atoms with E-state index in [9.17, 15) is 9.59 Å². The average Bonchev–Trinajstić information content (AvgIpc) is 2.37. The Morgan fingerprint density at radius 2 is 1.88 bits per heavy atom. The Bertz CT molecular complexity index is 440. The molecule has 0 unspecified atom stereocenters. The fourth-order valence-electron chi connectivity index (χ4n) is 1.14. The minimum Gasteiger partial charge on any atom is -0.466 e. The van der Waals surface area contributed by atoms with Crippen molar-refractivity contribution in [2.45, 2.75) is 0 Å². The molecule has 0 aliphatic rings. The number of anilines is 1. The van der Waals surface area contributed by atoms with Crippen molar-refractivity contribution in [1.82, 2.24) is 0 Å². The summed E-state index contributed by atoms with van der Waals surface area (Å²) in [6.07, 6.45) is 2.26. The van der Waals surface area contributed by atoms with Crippen molar-refractivity contribution in [2.24, 2.45) is 0 Å². The number of para-hydroxylation sites is 1. The Labute approximate surface area is 99.0 Å². The molecule has 1 aromatic carbocycles. The van der Waals surface area contributed by atoms with Crippen LogP contribution in [-0.4, -0.2) is 26.3 Å². The van der Waals surface area contributed by atoms with Crippen LogP contribution in [0.2, 0.25) is 0 Å². The zero-order chi connectivity index (χ0) is 12.7. The first-order valence-corrected chi connectivity index (χ1v) is 4.87. The molecule has 1 aromatic rings. The van der Waals surface area contributed by atoms with E-state index in [4.69, 9.17) is 0 Å². The van der Waals surface area contributed by atoms with Crippen LogP contribution < -0.4 is 5.32 Å². The molecule has 0 atom stereocenters. The van der Waals surface area contributed by atoms with Crippen LogP contribution in [0, 0.1) is 0 Å². The minimum atomic E-state index is -0.566. The number of esters is 1. The molecule has 0 fully saturated rings. The molecule has 0 saturated heterocycles. The maximum atomic E-state index is 11.1. The van der Waals surface area contributed by atoms with Gasteiger partial charge in [-0.25, -0.2) is 9.59 Å². The highest BCUT2D eigenvalue weighted by Gasteiger charge is 2.04. The molecule has 0 radical (unpaired) electrons. The highest BCUT2D eigenvalue weighted by atomic mass is 16.5. The number of amides is 1. The number of hydrogen-bond acceptors (Lipinski definition) is 4. The van der Waals surface area contributed by atoms with Gasteiger partial charge in [-0.3, -0.25) is 5.32 Å². The van der Waals surface area contributed by atoms with Gasteiger partial charge in [0.2, 0.25) is 0 Å². The Balaban J connectivity index is 2.88. The fraction of sp³-hybridized carbons (Fsp3) is 0.167. The van der Waals surface area contributed by atoms with Gasteiger partial charge in [0.05, 0.1) is 19.9 Å². The second-order valence-electron chi connectivity index (χ2n) is 3.06. The van der Waals surface area contributed by atoms with E-state index in [1.54, 1.807) is 30.3 Å². The van der Waals surface area contributed by atoms with Crippen LogP contribution in [0.1, 0.15) is 5.56 Å². The van der Waals surface area contributed by atoms with Crippen LogP contribution in [0.5, 0.6) is 0 Å². The second-order valence-corrected chi connectivity index (χ2v) is 3.06. The first kappa shape index (κ1) is 12.8. The van der Waals surface area contributed by atoms with E-state index >= 15 is 0 Å². The lowest BCUT2D eigenvalue weighted by Gasteiger charge is -2.06. The molecule has 1 rings (SSSR count). The summed E-state index contributed by atoms with van der Waals surface area (Å²) in [5.74, 6) is -0.460. The smallest absolute Gasteiger partial charge is 0.411 e. The summed E-state index contributed by atoms with van der Waals surface area (Å²) >= 11 is 0. The molecule has 90 valence electrons. The summed E-state index contributed by atoms with van der Waals surface area (Å²) in [7, 11) is 2.58. The van der Waals surface area contributed by atoms with Gasteiger partial charge in [-0.1, -0.05) is 18.2 Å². The lowest BCUT2D eigenvalue weighted by Crippen LogP contribution is -2.11. The van der Waals surface area contributed by atoms with Crippen molar-refractivity contribution in [3.63, 3.8) is 0 Å². The quantitative estimate of drug-likeness (QED) is 0.643. The third kappa shape index (κ3) is 3.98. The lowest BCUT2D eigenvalue weighted by molar-refractivity contribution is -0.134. The van der Waals surface area contributed by atoms with Crippen LogP contribution in [0.25, 0.3) is 6.08 Å². The molecule has 0 aliphatic carbocycles. The summed E-state index contributed by atoms with van der Waals surface area (Å²) in [6, 6.07) is 7.01. The fourth-order valence-corrected chi connectivity index (χ4v) is 1.14. The number of rotatable bonds is 3. The second kappa shape index (κ2) is 6.32. The summed E-state index contributed by atoms with van der Waals surface area (Å²) < 4.78 is 8.97. The zero-order valence-electron chi connectivity index (χ0n) is 9.60. The van der Waals surface area contributed by atoms with Crippen LogP contribution in [-0.2, 0) is 14.3 Å². The van der Waals surface area contributed by atoms with Crippen LogP contribution in [0.3, 0.4) is 0 Å². The molecule has 5 nitrogen and oxygen atoms in total. The first-order valence-electron chi connectivity index (χ1n) is 4.87. The summed E-state index contributed by atoms with van der Waals surface area (Å²) in [4.78, 5) is 22.0. The molecular formula is C12H13NO4. The van der Waals surface area contributed by atoms with Gasteiger partial charge in [0.15, 0.2) is 0 Å². The predicted molar refractivity (Wildman–Crippen MR) is 63.5 cm³/mol. The Hall–Kier alpha value is -2.30. The number of benzene rings is 1. The molecule has 0 bridgehead atoms. The summed E-state index contributed by atoms with van der Waals surface area (Å²) in [6.45, 7) is 0. The van der Waals surface area contributed by atoms with Gasteiger partial charge in [0, 0.05) is 6.08 Å². The zero-order valence-corrected chi connectivity index (χ0v) is 9.60. The number of carbonyl (C=O) groups excluding carboxylic acids is 2. The summed E-state index contributed by atoms with van der Waals surface area (Å²) in [5.41, 5.74) is 1.24. The predicted octanol–water partition coefficient (Wildman–Crippen LogP) is 2.05. The Morgan fingerprint density at radius 1 is 1.18 bits per heavy atom. The lowest BCUT2D eigenvalue weighted by atomic mass is 10.1. The number of ether oxygens (including phenoxy) is 2. The molecule has 0 aromatic heterocycles. The van der Waals surface area contributed by atoms with Gasteiger partial charge >= 0.3 is 12.1 Å². The van der Waals surface area contributed by atoms with Crippen LogP contribution in [0.15, 0.2) is 30.3 Å². The average molecular weight is 235 g/mol. The highest BCUT2D eigenvalue weighted by Crippen LogP contribution is 2.16. The molecule has 17 heavy (non-hydrogen) atoms. The maximum Gasteiger partial charge on any atom is 0.411 e. The van der Waals surface area contributed by atoms with Gasteiger partial charge in [-0.15, -0.1) is 0 Å². The summed E-state index contributed by atoms with van der Waals surface area (Å²) in [5, 5.41) is 2.54. The van der Waals surface area contributed by atoms with E-state index in [2.05, 4.69) is 14.8 Å². The molecule has 0 aliphatic heterocycles. The van der Waals surface area contributed by atoms with Crippen molar-refractivity contribution < 1.29 is 19.1 Å². The van der Waals surface area contributed by atoms with E-state index in [-0.39, 0.29) is 0 Å². The van der Waals surface area contributed by atoms with E-state index in [1.807, 2.05) is 0 Å². The third-order valence-corrected chi connectivity index (χ3v) is 1.98. The normalized spacial score (nSPS) is 10.0. The van der Waals surface area contributed by atoms with Crippen molar-refractivity contribution >= 4 is 23.8 Å². The van der Waals surface area contributed by atoms with Crippen molar-refractivity contribution in [2.75, 3.05) is 19.5 Å². The minimum absolute atomic E-state index is 0.460. The van der Waals surface area contributed by atoms with Crippen molar-refractivity contribution in [1.29, 1.82) is 0 Å². The standard InChI is InChI=1S/C12H13NO4/c1-16-11(14)8-7-9-5-3-4-6-10(9)13-12(15)17-2/h3-8H,1-2H3,(H,13,15)/b8-7+. The molecule has 0 heterocycles. The van der Waals surface area contributed by atoms with Gasteiger partial charge in [-0.05, 0) is 17.7 Å². The van der Waals surface area contributed by atoms with E-state index in [0.717, 1.165) is 0 Å². The molecule has 5 heteroatoms. The number of hydrogen-bond donors (Lipinski definition) is 1. The Kier molecular flexibility index (Phi) is 4.75. The maximum absolute atomic E-state index is 11.1. The van der Waals surface area contributed by atoms with Crippen molar-refractivity contribution in [3.8, 4) is 0 Å². The monoisotopic (exact) mass is 235 g/mol. The van der Waals surface area contributed by atoms with E-state index < -0.39 is 12.1 Å². The molecular weight excluding hydrogens is 222 g/mol. The number of methoxy groups -OCH3 is 2. The Morgan fingerprint density at radius 3 is 2.53 bits per heavy atom. The van der Waals surface area contributed by atoms with Crippen LogP contribution >= 0.6 is 0 Å². The van der Waals surface area contributed by atoms with Crippen molar-refractivity contribution in [3.05, 3.63) is 35.9 Å². The largest absolute Gasteiger partial charge is 0.466 e. The van der Waals surface area contributed by atoms with E-state index in [0.29, 0.717) is 11.3 Å². The van der Waals surface area contributed by atoms with Crippen LogP contribution in [0.4, 0.5) is 10.5 Å². The topological polar surface area (TPSA) is 64.6 Å². The van der Waals surface area contributed by atoms with Gasteiger partial charge in [0.1, 0.15) is 0 Å². The van der Waals surface area contributed by atoms with Gasteiger partial charge in [-0.2, -0.15) is 0 Å². The number of carbonyl (C=O) groups is 2. The molecule has 0 saturated carbocycles. The van der Waals surface area contributed by atoms with E-state index in [1.165, 1.54) is 20.3 Å². The van der Waals surface area contributed by atoms with Gasteiger partial charge < -0.3 is 9.47 Å². The number of nitrogens with one attached hydrogen (secondary N) is 1. The molecule has 0 spiro atoms. The molecule has 1 N–H and O–H groups in total. The third-order valence-electron chi connectivity index (χ3n) is 1.98. The van der Waals surface area contributed by atoms with Gasteiger partial charge in [0.25, 0.3) is 0 Å². The first-order chi connectivity index (χ1) is 8.17. The SMILES string of the molecule is COC(=O)/C=C/c1ccccc1NC(=O)OC. The highest BCUT2D eigenvalue weighted by molar-refractivity contribution is 5.91. The molecule has 1 amide bonds.